The molecule has 1 amide bonds. The van der Waals surface area contributed by atoms with Crippen LogP contribution >= 0.6 is 11.6 Å². The van der Waals surface area contributed by atoms with Gasteiger partial charge in [-0.2, -0.15) is 0 Å². The van der Waals surface area contributed by atoms with E-state index in [0.29, 0.717) is 29.5 Å². The van der Waals surface area contributed by atoms with E-state index in [-0.39, 0.29) is 5.91 Å². The predicted octanol–water partition coefficient (Wildman–Crippen LogP) is 3.13. The number of aryl methyl sites for hydroxylation is 1. The van der Waals surface area contributed by atoms with Crippen molar-refractivity contribution < 1.29 is 9.53 Å². The van der Waals surface area contributed by atoms with Gasteiger partial charge in [-0.15, -0.1) is 0 Å². The standard InChI is InChI=1S/C17H18ClN3O2/c1-12-2-3-14(18)9-16(12)20-17(22)13-8-15(11-19-10-13)21-4-6-23-7-5-21/h2-3,8-11H,4-7H2,1H3,(H,20,22). The Morgan fingerprint density at radius 2 is 2.04 bits per heavy atom. The third kappa shape index (κ3) is 3.81. The zero-order valence-corrected chi connectivity index (χ0v) is 13.6. The molecule has 0 radical (unpaired) electrons. The van der Waals surface area contributed by atoms with Crippen molar-refractivity contribution in [3.8, 4) is 0 Å². The van der Waals surface area contributed by atoms with Crippen molar-refractivity contribution in [3.05, 3.63) is 52.8 Å². The zero-order valence-electron chi connectivity index (χ0n) is 12.9. The summed E-state index contributed by atoms with van der Waals surface area (Å²) in [5.74, 6) is -0.196. The lowest BCUT2D eigenvalue weighted by Gasteiger charge is -2.28. The number of carbonyl (C=O) groups is 1. The maximum absolute atomic E-state index is 12.5. The number of benzene rings is 1. The molecule has 6 heteroatoms. The summed E-state index contributed by atoms with van der Waals surface area (Å²) < 4.78 is 5.35. The number of amides is 1. The molecule has 1 N–H and O–H groups in total. The highest BCUT2D eigenvalue weighted by atomic mass is 35.5. The van der Waals surface area contributed by atoms with Crippen LogP contribution in [0.4, 0.5) is 11.4 Å². The maximum Gasteiger partial charge on any atom is 0.257 e. The van der Waals surface area contributed by atoms with Crippen molar-refractivity contribution in [2.24, 2.45) is 0 Å². The number of rotatable bonds is 3. The van der Waals surface area contributed by atoms with Crippen LogP contribution in [0.1, 0.15) is 15.9 Å². The van der Waals surface area contributed by atoms with Crippen LogP contribution in [0.15, 0.2) is 36.7 Å². The lowest BCUT2D eigenvalue weighted by molar-refractivity contribution is 0.102. The van der Waals surface area contributed by atoms with E-state index in [0.717, 1.165) is 24.3 Å². The molecule has 5 nitrogen and oxygen atoms in total. The van der Waals surface area contributed by atoms with Crippen molar-refractivity contribution in [1.82, 2.24) is 4.98 Å². The number of anilines is 2. The van der Waals surface area contributed by atoms with Gasteiger partial charge in [0.05, 0.1) is 30.7 Å². The minimum atomic E-state index is -0.196. The van der Waals surface area contributed by atoms with Gasteiger partial charge in [0.1, 0.15) is 0 Å². The third-order valence-corrected chi connectivity index (χ3v) is 4.05. The van der Waals surface area contributed by atoms with Crippen LogP contribution in [-0.4, -0.2) is 37.2 Å². The summed E-state index contributed by atoms with van der Waals surface area (Å²) in [6.07, 6.45) is 3.34. The molecule has 1 aliphatic rings. The monoisotopic (exact) mass is 331 g/mol. The summed E-state index contributed by atoms with van der Waals surface area (Å²) in [4.78, 5) is 18.8. The largest absolute Gasteiger partial charge is 0.378 e. The van der Waals surface area contributed by atoms with Crippen molar-refractivity contribution in [2.45, 2.75) is 6.92 Å². The average molecular weight is 332 g/mol. The fourth-order valence-electron chi connectivity index (χ4n) is 2.47. The highest BCUT2D eigenvalue weighted by molar-refractivity contribution is 6.31. The van der Waals surface area contributed by atoms with Crippen LogP contribution in [0.25, 0.3) is 0 Å². The number of nitrogens with one attached hydrogen (secondary N) is 1. The first-order chi connectivity index (χ1) is 11.1. The minimum absolute atomic E-state index is 0.196. The quantitative estimate of drug-likeness (QED) is 0.938. The molecule has 2 aromatic rings. The Labute approximate surface area is 140 Å². The normalized spacial score (nSPS) is 14.6. The van der Waals surface area contributed by atoms with Gasteiger partial charge >= 0.3 is 0 Å². The molecular weight excluding hydrogens is 314 g/mol. The third-order valence-electron chi connectivity index (χ3n) is 3.81. The molecule has 3 rings (SSSR count). The van der Waals surface area contributed by atoms with Crippen molar-refractivity contribution in [2.75, 3.05) is 36.5 Å². The van der Waals surface area contributed by atoms with E-state index in [9.17, 15) is 4.79 Å². The van der Waals surface area contributed by atoms with Crippen LogP contribution in [0, 0.1) is 6.92 Å². The van der Waals surface area contributed by atoms with Gasteiger partial charge in [-0.1, -0.05) is 17.7 Å². The lowest BCUT2D eigenvalue weighted by atomic mass is 10.2. The first-order valence-electron chi connectivity index (χ1n) is 7.49. The first-order valence-corrected chi connectivity index (χ1v) is 7.86. The fraction of sp³-hybridized carbons (Fsp3) is 0.294. The molecule has 2 heterocycles. The molecular formula is C17H18ClN3O2. The second kappa shape index (κ2) is 6.98. The summed E-state index contributed by atoms with van der Waals surface area (Å²) in [5.41, 5.74) is 3.12. The number of ether oxygens (including phenoxy) is 1. The van der Waals surface area contributed by atoms with E-state index in [1.54, 1.807) is 24.5 Å². The van der Waals surface area contributed by atoms with Crippen LogP contribution in [-0.2, 0) is 4.74 Å². The van der Waals surface area contributed by atoms with Gasteiger partial charge in [0, 0.05) is 30.0 Å². The minimum Gasteiger partial charge on any atom is -0.378 e. The molecule has 23 heavy (non-hydrogen) atoms. The number of hydrogen-bond acceptors (Lipinski definition) is 4. The van der Waals surface area contributed by atoms with Crippen molar-refractivity contribution in [3.63, 3.8) is 0 Å². The Balaban J connectivity index is 1.78. The van der Waals surface area contributed by atoms with Gasteiger partial charge in [-0.05, 0) is 30.7 Å². The maximum atomic E-state index is 12.5. The smallest absolute Gasteiger partial charge is 0.257 e. The van der Waals surface area contributed by atoms with E-state index >= 15 is 0 Å². The summed E-state index contributed by atoms with van der Waals surface area (Å²) in [5, 5.41) is 3.48. The summed E-state index contributed by atoms with van der Waals surface area (Å²) in [7, 11) is 0. The zero-order chi connectivity index (χ0) is 16.2. The SMILES string of the molecule is Cc1ccc(Cl)cc1NC(=O)c1cncc(N2CCOCC2)c1. The second-order valence-electron chi connectivity index (χ2n) is 5.44. The number of morpholine rings is 1. The second-order valence-corrected chi connectivity index (χ2v) is 5.88. The van der Waals surface area contributed by atoms with E-state index in [4.69, 9.17) is 16.3 Å². The number of pyridine rings is 1. The molecule has 0 unspecified atom stereocenters. The van der Waals surface area contributed by atoms with Crippen molar-refractivity contribution >= 4 is 28.9 Å². The summed E-state index contributed by atoms with van der Waals surface area (Å²) in [6, 6.07) is 7.27. The van der Waals surface area contributed by atoms with Gasteiger partial charge in [0.2, 0.25) is 0 Å². The average Bonchev–Trinajstić information content (AvgIpc) is 2.59. The van der Waals surface area contributed by atoms with E-state index < -0.39 is 0 Å². The van der Waals surface area contributed by atoms with Crippen LogP contribution in [0.2, 0.25) is 5.02 Å². The lowest BCUT2D eigenvalue weighted by Crippen LogP contribution is -2.36. The Bertz CT molecular complexity index is 715. The number of halogens is 1. The number of aromatic nitrogens is 1. The Morgan fingerprint density at radius 1 is 1.26 bits per heavy atom. The summed E-state index contributed by atoms with van der Waals surface area (Å²) in [6.45, 7) is 4.92. The van der Waals surface area contributed by atoms with Crippen LogP contribution in [0.3, 0.4) is 0 Å². The molecule has 0 saturated carbocycles. The molecule has 0 atom stereocenters. The summed E-state index contributed by atoms with van der Waals surface area (Å²) >= 11 is 5.99. The van der Waals surface area contributed by atoms with Gasteiger partial charge in [-0.3, -0.25) is 9.78 Å². The fourth-order valence-corrected chi connectivity index (χ4v) is 2.64. The number of nitrogens with zero attached hydrogens (tertiary/aromatic N) is 2. The van der Waals surface area contributed by atoms with E-state index in [1.165, 1.54) is 0 Å². The highest BCUT2D eigenvalue weighted by Crippen LogP contribution is 2.22. The molecule has 1 aromatic carbocycles. The van der Waals surface area contributed by atoms with Crippen LogP contribution < -0.4 is 10.2 Å². The molecule has 1 fully saturated rings. The number of carbonyl (C=O) groups excluding carboxylic acids is 1. The molecule has 1 aliphatic heterocycles. The van der Waals surface area contributed by atoms with Crippen molar-refractivity contribution in [1.29, 1.82) is 0 Å². The van der Waals surface area contributed by atoms with E-state index in [2.05, 4.69) is 15.2 Å². The molecule has 0 aliphatic carbocycles. The molecule has 0 spiro atoms. The van der Waals surface area contributed by atoms with Gasteiger partial charge in [0.15, 0.2) is 0 Å². The topological polar surface area (TPSA) is 54.5 Å². The van der Waals surface area contributed by atoms with Gasteiger partial charge < -0.3 is 15.0 Å². The van der Waals surface area contributed by atoms with E-state index in [1.807, 2.05) is 19.1 Å². The molecule has 120 valence electrons. The van der Waals surface area contributed by atoms with Crippen LogP contribution in [0.5, 0.6) is 0 Å². The molecule has 1 aromatic heterocycles. The molecule has 0 bridgehead atoms. The Hall–Kier alpha value is -2.11. The molecule has 1 saturated heterocycles. The first kappa shape index (κ1) is 15.8. The number of hydrogen-bond donors (Lipinski definition) is 1. The predicted molar refractivity (Wildman–Crippen MR) is 91.4 cm³/mol. The van der Waals surface area contributed by atoms with Gasteiger partial charge in [-0.25, -0.2) is 0 Å². The Kier molecular flexibility index (Phi) is 4.79. The highest BCUT2D eigenvalue weighted by Gasteiger charge is 2.14. The Morgan fingerprint density at radius 3 is 2.83 bits per heavy atom. The van der Waals surface area contributed by atoms with Gasteiger partial charge in [0.25, 0.3) is 5.91 Å².